The molecule has 9 heteroatoms. The molecule has 0 bridgehead atoms. The third-order valence-electron chi connectivity index (χ3n) is 2.65. The zero-order valence-corrected chi connectivity index (χ0v) is 11.5. The van der Waals surface area contributed by atoms with Gasteiger partial charge in [0.2, 0.25) is 0 Å². The standard InChI is InChI=1S/C9H14N4O3S2/c1-7(11-14)8-6-17-9(10-8)12-18(15,16)13-4-2-3-5-13/h6,14H,2-5H2,1H3,(H,10,12). The van der Waals surface area contributed by atoms with Crippen molar-refractivity contribution in [2.24, 2.45) is 5.16 Å². The molecule has 0 spiro atoms. The van der Waals surface area contributed by atoms with Crippen molar-refractivity contribution in [1.82, 2.24) is 9.29 Å². The second kappa shape index (κ2) is 5.21. The van der Waals surface area contributed by atoms with Gasteiger partial charge in [-0.2, -0.15) is 12.7 Å². The van der Waals surface area contributed by atoms with Crippen molar-refractivity contribution in [2.75, 3.05) is 17.8 Å². The summed E-state index contributed by atoms with van der Waals surface area (Å²) in [6.07, 6.45) is 1.78. The van der Waals surface area contributed by atoms with Crippen LogP contribution in [-0.2, 0) is 10.2 Å². The largest absolute Gasteiger partial charge is 0.411 e. The summed E-state index contributed by atoms with van der Waals surface area (Å²) in [4.78, 5) is 4.05. The lowest BCUT2D eigenvalue weighted by Crippen LogP contribution is -2.33. The Hall–Kier alpha value is -1.19. The second-order valence-corrected chi connectivity index (χ2v) is 6.47. The monoisotopic (exact) mass is 290 g/mol. The molecule has 2 heterocycles. The fraction of sp³-hybridized carbons (Fsp3) is 0.556. The second-order valence-electron chi connectivity index (χ2n) is 3.94. The molecular formula is C9H14N4O3S2. The summed E-state index contributed by atoms with van der Waals surface area (Å²) in [5.74, 6) is 0. The Bertz CT molecular complexity index is 546. The predicted octanol–water partition coefficient (Wildman–Crippen LogP) is 1.09. The normalized spacial score (nSPS) is 18.2. The van der Waals surface area contributed by atoms with Crippen molar-refractivity contribution in [1.29, 1.82) is 0 Å². The third-order valence-corrected chi connectivity index (χ3v) is 5.03. The van der Waals surface area contributed by atoms with Crippen LogP contribution in [0.15, 0.2) is 10.5 Å². The lowest BCUT2D eigenvalue weighted by atomic mass is 10.3. The maximum absolute atomic E-state index is 12.0. The Morgan fingerprint density at radius 3 is 2.83 bits per heavy atom. The summed E-state index contributed by atoms with van der Waals surface area (Å²) in [6, 6.07) is 0. The number of nitrogens with one attached hydrogen (secondary N) is 1. The average Bonchev–Trinajstić information content (AvgIpc) is 2.97. The smallest absolute Gasteiger partial charge is 0.303 e. The molecule has 2 N–H and O–H groups in total. The van der Waals surface area contributed by atoms with E-state index in [1.54, 1.807) is 12.3 Å². The highest BCUT2D eigenvalue weighted by Crippen LogP contribution is 2.20. The lowest BCUT2D eigenvalue weighted by Gasteiger charge is -2.14. The van der Waals surface area contributed by atoms with Gasteiger partial charge >= 0.3 is 10.2 Å². The first-order valence-corrected chi connectivity index (χ1v) is 7.77. The Kier molecular flexibility index (Phi) is 3.83. The highest BCUT2D eigenvalue weighted by molar-refractivity contribution is 7.90. The number of aromatic nitrogens is 1. The van der Waals surface area contributed by atoms with Gasteiger partial charge in [0.25, 0.3) is 0 Å². The van der Waals surface area contributed by atoms with Gasteiger partial charge in [-0.05, 0) is 19.8 Å². The maximum atomic E-state index is 12.0. The van der Waals surface area contributed by atoms with E-state index in [1.165, 1.54) is 4.31 Å². The van der Waals surface area contributed by atoms with Crippen LogP contribution in [-0.4, -0.2) is 41.7 Å². The number of nitrogens with zero attached hydrogens (tertiary/aromatic N) is 3. The number of rotatable bonds is 4. The molecule has 1 fully saturated rings. The topological polar surface area (TPSA) is 94.9 Å². The molecular weight excluding hydrogens is 276 g/mol. The summed E-state index contributed by atoms with van der Waals surface area (Å²) in [5, 5.41) is 13.5. The van der Waals surface area contributed by atoms with Crippen LogP contribution >= 0.6 is 11.3 Å². The molecule has 1 aliphatic heterocycles. The van der Waals surface area contributed by atoms with Crippen molar-refractivity contribution in [3.05, 3.63) is 11.1 Å². The van der Waals surface area contributed by atoms with Crippen LogP contribution in [0.5, 0.6) is 0 Å². The first-order valence-electron chi connectivity index (χ1n) is 5.45. The number of oxime groups is 1. The third kappa shape index (κ3) is 2.79. The maximum Gasteiger partial charge on any atom is 0.303 e. The zero-order valence-electron chi connectivity index (χ0n) is 9.83. The van der Waals surface area contributed by atoms with Crippen LogP contribution in [0.4, 0.5) is 5.13 Å². The summed E-state index contributed by atoms with van der Waals surface area (Å²) in [6.45, 7) is 2.68. The Morgan fingerprint density at radius 1 is 1.56 bits per heavy atom. The minimum Gasteiger partial charge on any atom is -0.411 e. The predicted molar refractivity (Wildman–Crippen MR) is 69.5 cm³/mol. The van der Waals surface area contributed by atoms with Crippen LogP contribution in [0.1, 0.15) is 25.5 Å². The molecule has 0 amide bonds. The molecule has 1 aliphatic rings. The van der Waals surface area contributed by atoms with E-state index in [-0.39, 0.29) is 5.13 Å². The fourth-order valence-electron chi connectivity index (χ4n) is 1.64. The molecule has 0 aliphatic carbocycles. The van der Waals surface area contributed by atoms with E-state index in [0.29, 0.717) is 24.5 Å². The summed E-state index contributed by atoms with van der Waals surface area (Å²) in [5.41, 5.74) is 0.805. The first kappa shape index (κ1) is 13.2. The minimum absolute atomic E-state index is 0.278. The summed E-state index contributed by atoms with van der Waals surface area (Å²) in [7, 11) is -3.50. The van der Waals surface area contributed by atoms with Crippen LogP contribution in [0.3, 0.4) is 0 Å². The van der Waals surface area contributed by atoms with E-state index in [1.807, 2.05) is 0 Å². The fourth-order valence-corrected chi connectivity index (χ4v) is 3.88. The Balaban J connectivity index is 2.11. The van der Waals surface area contributed by atoms with E-state index < -0.39 is 10.2 Å². The van der Waals surface area contributed by atoms with Gasteiger partial charge in [-0.1, -0.05) is 5.16 Å². The van der Waals surface area contributed by atoms with Gasteiger partial charge in [0.15, 0.2) is 5.13 Å². The number of hydrogen-bond acceptors (Lipinski definition) is 6. The van der Waals surface area contributed by atoms with Crippen molar-refractivity contribution < 1.29 is 13.6 Å². The lowest BCUT2D eigenvalue weighted by molar-refractivity contribution is 0.319. The molecule has 18 heavy (non-hydrogen) atoms. The quantitative estimate of drug-likeness (QED) is 0.493. The van der Waals surface area contributed by atoms with E-state index in [9.17, 15) is 8.42 Å². The summed E-state index contributed by atoms with van der Waals surface area (Å²) < 4.78 is 27.7. The zero-order chi connectivity index (χ0) is 13.2. The van der Waals surface area contributed by atoms with Crippen molar-refractivity contribution in [3.8, 4) is 0 Å². The highest BCUT2D eigenvalue weighted by atomic mass is 32.2. The van der Waals surface area contributed by atoms with Gasteiger partial charge in [-0.3, -0.25) is 0 Å². The van der Waals surface area contributed by atoms with Gasteiger partial charge < -0.3 is 5.21 Å². The van der Waals surface area contributed by atoms with E-state index >= 15 is 0 Å². The van der Waals surface area contributed by atoms with Gasteiger partial charge in [0.1, 0.15) is 11.4 Å². The average molecular weight is 290 g/mol. The molecule has 2 rings (SSSR count). The SMILES string of the molecule is CC(=NO)c1csc(NS(=O)(=O)N2CCCC2)n1. The van der Waals surface area contributed by atoms with Crippen LogP contribution < -0.4 is 4.72 Å². The molecule has 0 unspecified atom stereocenters. The number of hydrogen-bond donors (Lipinski definition) is 2. The van der Waals surface area contributed by atoms with Crippen molar-refractivity contribution in [3.63, 3.8) is 0 Å². The molecule has 100 valence electrons. The van der Waals surface area contributed by atoms with E-state index in [4.69, 9.17) is 5.21 Å². The molecule has 1 aromatic rings. The van der Waals surface area contributed by atoms with Crippen LogP contribution in [0.25, 0.3) is 0 Å². The van der Waals surface area contributed by atoms with E-state index in [0.717, 1.165) is 24.2 Å². The van der Waals surface area contributed by atoms with Gasteiger partial charge in [-0.25, -0.2) is 9.71 Å². The highest BCUT2D eigenvalue weighted by Gasteiger charge is 2.26. The molecule has 0 aromatic carbocycles. The molecule has 0 saturated carbocycles. The Morgan fingerprint density at radius 2 is 2.22 bits per heavy atom. The number of anilines is 1. The molecule has 1 aromatic heterocycles. The summed E-state index contributed by atoms with van der Waals surface area (Å²) >= 11 is 1.16. The van der Waals surface area contributed by atoms with Crippen molar-refractivity contribution in [2.45, 2.75) is 19.8 Å². The van der Waals surface area contributed by atoms with Gasteiger partial charge in [0, 0.05) is 18.5 Å². The van der Waals surface area contributed by atoms with Crippen LogP contribution in [0.2, 0.25) is 0 Å². The first-order chi connectivity index (χ1) is 8.53. The van der Waals surface area contributed by atoms with Crippen LogP contribution in [0, 0.1) is 0 Å². The minimum atomic E-state index is -3.50. The Labute approximate surface area is 109 Å². The molecule has 0 radical (unpaired) electrons. The van der Waals surface area contributed by atoms with E-state index in [2.05, 4.69) is 14.9 Å². The van der Waals surface area contributed by atoms with Gasteiger partial charge in [0.05, 0.1) is 0 Å². The molecule has 0 atom stereocenters. The van der Waals surface area contributed by atoms with Gasteiger partial charge in [-0.15, -0.1) is 11.3 Å². The number of thiazole rings is 1. The molecule has 1 saturated heterocycles. The molecule has 7 nitrogen and oxygen atoms in total. The van der Waals surface area contributed by atoms with Crippen molar-refractivity contribution >= 4 is 32.4 Å².